The number of nitrogens with one attached hydrogen (secondary N) is 2. The number of hydrogen-bond acceptors (Lipinski definition) is 4. The largest absolute Gasteiger partial charge is 0.352 e. The van der Waals surface area contributed by atoms with Crippen LogP contribution < -0.4 is 10.9 Å². The molecule has 0 spiro atoms. The molecule has 0 aliphatic heterocycles. The molecule has 126 valence electrons. The maximum Gasteiger partial charge on any atom is 0.255 e. The summed E-state index contributed by atoms with van der Waals surface area (Å²) in [5.74, 6) is 0.182. The quantitative estimate of drug-likeness (QED) is 0.747. The lowest BCUT2D eigenvalue weighted by molar-refractivity contribution is -0.120. The van der Waals surface area contributed by atoms with E-state index in [9.17, 15) is 9.59 Å². The minimum atomic E-state index is -0.317. The zero-order valence-corrected chi connectivity index (χ0v) is 13.8. The standard InChI is InChI=1S/C19H18N4O2/c1-13-15(11-17(24)21-12-14-7-3-2-4-8-14)19(25)23-18(22-13)16-9-5-6-10-20-16/h2-10H,11-12H2,1H3,(H,21,24)(H,22,23,25). The Kier molecular flexibility index (Phi) is 4.99. The van der Waals surface area contributed by atoms with Crippen molar-refractivity contribution in [2.75, 3.05) is 0 Å². The number of benzene rings is 1. The van der Waals surface area contributed by atoms with E-state index in [1.807, 2.05) is 36.4 Å². The van der Waals surface area contributed by atoms with Crippen LogP contribution in [0.15, 0.2) is 59.5 Å². The first kappa shape index (κ1) is 16.6. The lowest BCUT2D eigenvalue weighted by atomic mass is 10.1. The fraction of sp³-hybridized carbons (Fsp3) is 0.158. The Morgan fingerprint density at radius 1 is 1.12 bits per heavy atom. The number of aryl methyl sites for hydroxylation is 1. The van der Waals surface area contributed by atoms with Gasteiger partial charge in [0.1, 0.15) is 5.69 Å². The van der Waals surface area contributed by atoms with E-state index in [0.717, 1.165) is 5.56 Å². The van der Waals surface area contributed by atoms with E-state index in [4.69, 9.17) is 0 Å². The number of amides is 1. The Morgan fingerprint density at radius 2 is 1.88 bits per heavy atom. The first-order valence-corrected chi connectivity index (χ1v) is 7.95. The van der Waals surface area contributed by atoms with E-state index in [-0.39, 0.29) is 17.9 Å². The number of H-pyrrole nitrogens is 1. The summed E-state index contributed by atoms with van der Waals surface area (Å²) in [6.45, 7) is 2.15. The summed E-state index contributed by atoms with van der Waals surface area (Å²) >= 11 is 0. The maximum atomic E-state index is 12.3. The minimum absolute atomic E-state index is 0.0104. The van der Waals surface area contributed by atoms with Gasteiger partial charge in [0.2, 0.25) is 5.91 Å². The number of carbonyl (C=O) groups excluding carboxylic acids is 1. The fourth-order valence-electron chi connectivity index (χ4n) is 2.46. The van der Waals surface area contributed by atoms with Crippen LogP contribution in [0.1, 0.15) is 16.8 Å². The Morgan fingerprint density at radius 3 is 2.56 bits per heavy atom. The van der Waals surface area contributed by atoms with Crippen LogP contribution >= 0.6 is 0 Å². The predicted octanol–water partition coefficient (Wildman–Crippen LogP) is 2.00. The lowest BCUT2D eigenvalue weighted by Crippen LogP contribution is -2.28. The summed E-state index contributed by atoms with van der Waals surface area (Å²) in [6.07, 6.45) is 1.62. The van der Waals surface area contributed by atoms with E-state index in [1.165, 1.54) is 0 Å². The van der Waals surface area contributed by atoms with Gasteiger partial charge >= 0.3 is 0 Å². The van der Waals surface area contributed by atoms with Crippen LogP contribution in [0.3, 0.4) is 0 Å². The van der Waals surface area contributed by atoms with Gasteiger partial charge in [-0.2, -0.15) is 0 Å². The van der Waals surface area contributed by atoms with Gasteiger partial charge in [-0.25, -0.2) is 4.98 Å². The predicted molar refractivity (Wildman–Crippen MR) is 94.8 cm³/mol. The molecule has 3 rings (SSSR count). The summed E-state index contributed by atoms with van der Waals surface area (Å²) < 4.78 is 0. The Labute approximate surface area is 145 Å². The van der Waals surface area contributed by atoms with Gasteiger partial charge in [0, 0.05) is 24.0 Å². The molecule has 3 aromatic rings. The first-order valence-electron chi connectivity index (χ1n) is 7.95. The van der Waals surface area contributed by atoms with Crippen molar-refractivity contribution in [3.63, 3.8) is 0 Å². The molecule has 0 radical (unpaired) electrons. The lowest BCUT2D eigenvalue weighted by Gasteiger charge is -2.08. The van der Waals surface area contributed by atoms with Crippen molar-refractivity contribution < 1.29 is 4.79 Å². The van der Waals surface area contributed by atoms with E-state index in [2.05, 4.69) is 20.3 Å². The van der Waals surface area contributed by atoms with Gasteiger partial charge in [0.15, 0.2) is 5.82 Å². The molecule has 0 atom stereocenters. The zero-order chi connectivity index (χ0) is 17.6. The van der Waals surface area contributed by atoms with Crippen LogP contribution in [0.25, 0.3) is 11.5 Å². The number of rotatable bonds is 5. The molecule has 0 aliphatic carbocycles. The molecule has 1 amide bonds. The van der Waals surface area contributed by atoms with Crippen molar-refractivity contribution >= 4 is 5.91 Å². The SMILES string of the molecule is Cc1nc(-c2ccccn2)[nH]c(=O)c1CC(=O)NCc1ccccc1. The second-order valence-corrected chi connectivity index (χ2v) is 5.63. The third kappa shape index (κ3) is 4.17. The molecule has 2 aromatic heterocycles. The van der Waals surface area contributed by atoms with Gasteiger partial charge < -0.3 is 10.3 Å². The van der Waals surface area contributed by atoms with Crippen molar-refractivity contribution in [2.45, 2.75) is 19.9 Å². The number of pyridine rings is 1. The number of nitrogens with zero attached hydrogens (tertiary/aromatic N) is 2. The van der Waals surface area contributed by atoms with E-state index in [1.54, 1.807) is 25.3 Å². The highest BCUT2D eigenvalue weighted by atomic mass is 16.2. The number of hydrogen-bond donors (Lipinski definition) is 2. The van der Waals surface area contributed by atoms with Crippen molar-refractivity contribution in [1.82, 2.24) is 20.3 Å². The van der Waals surface area contributed by atoms with E-state index >= 15 is 0 Å². The second-order valence-electron chi connectivity index (χ2n) is 5.63. The molecule has 0 bridgehead atoms. The highest BCUT2D eigenvalue weighted by Crippen LogP contribution is 2.11. The molecular formula is C19H18N4O2. The van der Waals surface area contributed by atoms with Gasteiger partial charge in [0.05, 0.1) is 6.42 Å². The highest BCUT2D eigenvalue weighted by molar-refractivity contribution is 5.78. The van der Waals surface area contributed by atoms with Crippen molar-refractivity contribution in [1.29, 1.82) is 0 Å². The van der Waals surface area contributed by atoms with Crippen LogP contribution in [-0.4, -0.2) is 20.9 Å². The molecule has 1 aromatic carbocycles. The van der Waals surface area contributed by atoms with Crippen LogP contribution in [0.5, 0.6) is 0 Å². The highest BCUT2D eigenvalue weighted by Gasteiger charge is 2.13. The molecule has 0 saturated heterocycles. The second kappa shape index (κ2) is 7.53. The van der Waals surface area contributed by atoms with Gasteiger partial charge in [-0.3, -0.25) is 14.6 Å². The zero-order valence-electron chi connectivity index (χ0n) is 13.8. The van der Waals surface area contributed by atoms with Gasteiger partial charge in [-0.1, -0.05) is 36.4 Å². The minimum Gasteiger partial charge on any atom is -0.352 e. The molecule has 6 heteroatoms. The van der Waals surface area contributed by atoms with Crippen molar-refractivity contribution in [3.05, 3.63) is 81.9 Å². The summed E-state index contributed by atoms with van der Waals surface area (Å²) in [5.41, 5.74) is 2.17. The van der Waals surface area contributed by atoms with Crippen molar-refractivity contribution in [3.8, 4) is 11.5 Å². The summed E-state index contributed by atoms with van der Waals surface area (Å²) in [6, 6.07) is 15.0. The summed E-state index contributed by atoms with van der Waals surface area (Å²) in [4.78, 5) is 35.7. The van der Waals surface area contributed by atoms with Crippen molar-refractivity contribution in [2.24, 2.45) is 0 Å². The molecule has 0 aliphatic rings. The molecular weight excluding hydrogens is 316 g/mol. The van der Waals surface area contributed by atoms with Gasteiger partial charge in [-0.15, -0.1) is 0 Å². The van der Waals surface area contributed by atoms with Crippen LogP contribution in [-0.2, 0) is 17.8 Å². The molecule has 0 saturated carbocycles. The normalized spacial score (nSPS) is 10.4. The summed E-state index contributed by atoms with van der Waals surface area (Å²) in [5, 5.41) is 2.82. The number of aromatic nitrogens is 3. The molecule has 0 unspecified atom stereocenters. The molecule has 2 heterocycles. The topological polar surface area (TPSA) is 87.7 Å². The van der Waals surface area contributed by atoms with Crippen LogP contribution in [0, 0.1) is 6.92 Å². The molecule has 0 fully saturated rings. The summed E-state index contributed by atoms with van der Waals surface area (Å²) in [7, 11) is 0. The Balaban J connectivity index is 1.72. The number of carbonyl (C=O) groups is 1. The molecule has 6 nitrogen and oxygen atoms in total. The van der Waals surface area contributed by atoms with Gasteiger partial charge in [0.25, 0.3) is 5.56 Å². The first-order chi connectivity index (χ1) is 12.1. The Hall–Kier alpha value is -3.28. The molecule has 2 N–H and O–H groups in total. The third-order valence-electron chi connectivity index (χ3n) is 3.80. The van der Waals surface area contributed by atoms with E-state index < -0.39 is 0 Å². The van der Waals surface area contributed by atoms with Gasteiger partial charge in [-0.05, 0) is 24.6 Å². The monoisotopic (exact) mass is 334 g/mol. The Bertz CT molecular complexity index is 921. The number of aromatic amines is 1. The fourth-order valence-corrected chi connectivity index (χ4v) is 2.46. The van der Waals surface area contributed by atoms with Crippen LogP contribution in [0.4, 0.5) is 0 Å². The maximum absolute atomic E-state index is 12.3. The molecule has 25 heavy (non-hydrogen) atoms. The van der Waals surface area contributed by atoms with Crippen LogP contribution in [0.2, 0.25) is 0 Å². The van der Waals surface area contributed by atoms with E-state index in [0.29, 0.717) is 29.3 Å². The average molecular weight is 334 g/mol. The average Bonchev–Trinajstić information content (AvgIpc) is 2.64. The third-order valence-corrected chi connectivity index (χ3v) is 3.80. The smallest absolute Gasteiger partial charge is 0.255 e.